The second kappa shape index (κ2) is 14.5. The molecule has 3 N–H and O–H groups in total. The van der Waals surface area contributed by atoms with Gasteiger partial charge in [0.15, 0.2) is 0 Å². The third kappa shape index (κ3) is 8.03. The maximum atomic E-state index is 13.8. The lowest BCUT2D eigenvalue weighted by Gasteiger charge is -2.37. The first-order valence-electron chi connectivity index (χ1n) is 16.5. The van der Waals surface area contributed by atoms with Gasteiger partial charge in [-0.2, -0.15) is 5.10 Å². The summed E-state index contributed by atoms with van der Waals surface area (Å²) in [4.78, 5) is 45.7. The summed E-state index contributed by atoms with van der Waals surface area (Å²) in [7, 11) is 2.11. The molecule has 3 aromatic rings. The van der Waals surface area contributed by atoms with Gasteiger partial charge in [0.2, 0.25) is 5.91 Å². The number of hydrogen-bond acceptors (Lipinski definition) is 6. The van der Waals surface area contributed by atoms with Crippen LogP contribution in [0.15, 0.2) is 35.4 Å². The fourth-order valence-corrected chi connectivity index (χ4v) is 6.99. The van der Waals surface area contributed by atoms with Crippen molar-refractivity contribution in [3.05, 3.63) is 68.9 Å². The molecule has 2 aliphatic rings. The van der Waals surface area contributed by atoms with E-state index in [-0.39, 0.29) is 30.0 Å². The molecule has 0 bridgehead atoms. The Kier molecular flexibility index (Phi) is 10.4. The summed E-state index contributed by atoms with van der Waals surface area (Å²) in [5.74, 6) is -0.194. The number of likely N-dealkylation sites (tertiary alicyclic amines) is 1. The van der Waals surface area contributed by atoms with E-state index in [2.05, 4.69) is 49.8 Å². The van der Waals surface area contributed by atoms with E-state index in [1.165, 1.54) is 19.3 Å². The second-order valence-corrected chi connectivity index (χ2v) is 13.0. The van der Waals surface area contributed by atoms with Crippen molar-refractivity contribution in [2.24, 2.45) is 0 Å². The topological polar surface area (TPSA) is 115 Å². The summed E-state index contributed by atoms with van der Waals surface area (Å²) in [5, 5.41) is 10.8. The van der Waals surface area contributed by atoms with Gasteiger partial charge in [0.1, 0.15) is 0 Å². The molecule has 1 saturated heterocycles. The number of amides is 2. The molecule has 2 amide bonds. The van der Waals surface area contributed by atoms with Gasteiger partial charge in [-0.15, -0.1) is 0 Å². The molecule has 10 nitrogen and oxygen atoms in total. The first-order chi connectivity index (χ1) is 21.6. The Balaban J connectivity index is 1.40. The van der Waals surface area contributed by atoms with Crippen molar-refractivity contribution in [2.45, 2.75) is 97.8 Å². The lowest BCUT2D eigenvalue weighted by Crippen LogP contribution is -2.42. The number of hydrogen-bond donors (Lipinski definition) is 3. The molecular weight excluding hydrogens is 566 g/mol. The lowest BCUT2D eigenvalue weighted by molar-refractivity contribution is -0.119. The molecule has 5 rings (SSSR count). The van der Waals surface area contributed by atoms with Crippen LogP contribution in [-0.4, -0.2) is 70.2 Å². The zero-order valence-electron chi connectivity index (χ0n) is 27.5. The maximum absolute atomic E-state index is 13.8. The van der Waals surface area contributed by atoms with Gasteiger partial charge in [-0.1, -0.05) is 6.42 Å². The summed E-state index contributed by atoms with van der Waals surface area (Å²) in [6, 6.07) is 6.55. The standard InChI is InChI=1S/C35H49N7O3/c1-23-17-24(2)38-35(45)32(23)21-36-34(44)31-18-27(28-20-37-42(22-28)16-15-41-13-7-6-8-14-41)19-33(25(31)3)40(5)30-11-9-29(10-12-30)39-26(4)43/h17-20,22,29-30H,6-16,21H2,1-5H3,(H,36,44)(H,38,45)(H,39,43). The van der Waals surface area contributed by atoms with Crippen molar-refractivity contribution < 1.29 is 9.59 Å². The predicted molar refractivity (Wildman–Crippen MR) is 179 cm³/mol. The minimum Gasteiger partial charge on any atom is -0.371 e. The summed E-state index contributed by atoms with van der Waals surface area (Å²) >= 11 is 0. The number of benzene rings is 1. The third-order valence-corrected chi connectivity index (χ3v) is 9.64. The molecule has 2 aromatic heterocycles. The van der Waals surface area contributed by atoms with Crippen LogP contribution in [0.25, 0.3) is 11.1 Å². The Morgan fingerprint density at radius 1 is 1.00 bits per heavy atom. The molecular formula is C35H49N7O3. The molecule has 0 unspecified atom stereocenters. The molecule has 1 saturated carbocycles. The minimum absolute atomic E-state index is 0.0188. The molecule has 0 atom stereocenters. The summed E-state index contributed by atoms with van der Waals surface area (Å²) in [5.41, 5.74) is 6.44. The number of pyridine rings is 1. The predicted octanol–water partition coefficient (Wildman–Crippen LogP) is 4.46. The molecule has 0 spiro atoms. The zero-order chi connectivity index (χ0) is 32.1. The molecule has 1 aliphatic heterocycles. The van der Waals surface area contributed by atoms with Crippen LogP contribution >= 0.6 is 0 Å². The van der Waals surface area contributed by atoms with E-state index < -0.39 is 0 Å². The van der Waals surface area contributed by atoms with Crippen molar-refractivity contribution in [1.82, 2.24) is 30.3 Å². The molecule has 10 heteroatoms. The number of H-pyrrole nitrogens is 1. The second-order valence-electron chi connectivity index (χ2n) is 13.0. The molecule has 1 aliphatic carbocycles. The molecule has 1 aromatic carbocycles. The summed E-state index contributed by atoms with van der Waals surface area (Å²) in [6.07, 6.45) is 11.6. The number of aryl methyl sites for hydroxylation is 2. The zero-order valence-corrected chi connectivity index (χ0v) is 27.5. The number of aromatic amines is 1. The van der Waals surface area contributed by atoms with Gasteiger partial charge in [0, 0.05) is 73.4 Å². The number of anilines is 1. The fraction of sp³-hybridized carbons (Fsp3) is 0.543. The SMILES string of the molecule is CC(=O)NC1CCC(N(C)c2cc(-c3cnn(CCN4CCCCC4)c3)cc(C(=O)NCc3c(C)cc(C)[nH]c3=O)c2C)CC1. The number of nitrogens with zero attached hydrogens (tertiary/aromatic N) is 4. The van der Waals surface area contributed by atoms with E-state index in [0.717, 1.165) is 85.5 Å². The van der Waals surface area contributed by atoms with Crippen molar-refractivity contribution in [2.75, 3.05) is 31.6 Å². The summed E-state index contributed by atoms with van der Waals surface area (Å²) in [6.45, 7) is 11.6. The van der Waals surface area contributed by atoms with E-state index >= 15 is 0 Å². The fourth-order valence-electron chi connectivity index (χ4n) is 6.99. The van der Waals surface area contributed by atoms with Crippen LogP contribution in [0, 0.1) is 20.8 Å². The van der Waals surface area contributed by atoms with Gasteiger partial charge in [0.05, 0.1) is 12.7 Å². The Bertz CT molecular complexity index is 1560. The highest BCUT2D eigenvalue weighted by molar-refractivity contribution is 5.98. The number of piperidine rings is 1. The van der Waals surface area contributed by atoms with Gasteiger partial charge in [-0.25, -0.2) is 0 Å². The Hall–Kier alpha value is -3.92. The Labute approximate surface area is 266 Å². The van der Waals surface area contributed by atoms with Crippen LogP contribution in [0.4, 0.5) is 5.69 Å². The van der Waals surface area contributed by atoms with E-state index in [4.69, 9.17) is 0 Å². The van der Waals surface area contributed by atoms with Crippen molar-refractivity contribution in [3.8, 4) is 11.1 Å². The van der Waals surface area contributed by atoms with Crippen LogP contribution in [-0.2, 0) is 17.9 Å². The van der Waals surface area contributed by atoms with Crippen LogP contribution in [0.3, 0.4) is 0 Å². The highest BCUT2D eigenvalue weighted by Gasteiger charge is 2.27. The van der Waals surface area contributed by atoms with Gasteiger partial charge in [0.25, 0.3) is 11.5 Å². The third-order valence-electron chi connectivity index (χ3n) is 9.64. The molecule has 3 heterocycles. The van der Waals surface area contributed by atoms with Crippen molar-refractivity contribution in [1.29, 1.82) is 0 Å². The van der Waals surface area contributed by atoms with Crippen LogP contribution in [0.5, 0.6) is 0 Å². The normalized spacial score (nSPS) is 18.9. The number of carbonyl (C=O) groups is 2. The van der Waals surface area contributed by atoms with Crippen LogP contribution in [0.1, 0.15) is 84.6 Å². The van der Waals surface area contributed by atoms with Crippen LogP contribution < -0.4 is 21.1 Å². The Morgan fingerprint density at radius 2 is 1.73 bits per heavy atom. The molecule has 2 fully saturated rings. The molecule has 0 radical (unpaired) electrons. The van der Waals surface area contributed by atoms with Gasteiger partial charge in [-0.3, -0.25) is 19.1 Å². The maximum Gasteiger partial charge on any atom is 0.253 e. The van der Waals surface area contributed by atoms with E-state index in [9.17, 15) is 14.4 Å². The van der Waals surface area contributed by atoms with Gasteiger partial charge < -0.3 is 25.4 Å². The first-order valence-corrected chi connectivity index (χ1v) is 16.5. The number of nitrogens with one attached hydrogen (secondary N) is 3. The van der Waals surface area contributed by atoms with Gasteiger partial charge in [-0.05, 0) is 107 Å². The molecule has 45 heavy (non-hydrogen) atoms. The van der Waals surface area contributed by atoms with Crippen LogP contribution in [0.2, 0.25) is 0 Å². The number of carbonyl (C=O) groups excluding carboxylic acids is 2. The largest absolute Gasteiger partial charge is 0.371 e. The van der Waals surface area contributed by atoms with E-state index in [0.29, 0.717) is 17.2 Å². The number of rotatable bonds is 10. The van der Waals surface area contributed by atoms with Crippen molar-refractivity contribution >= 4 is 17.5 Å². The van der Waals surface area contributed by atoms with Gasteiger partial charge >= 0.3 is 0 Å². The van der Waals surface area contributed by atoms with Crippen molar-refractivity contribution in [3.63, 3.8) is 0 Å². The number of aromatic nitrogens is 3. The highest BCUT2D eigenvalue weighted by atomic mass is 16.2. The monoisotopic (exact) mass is 615 g/mol. The van der Waals surface area contributed by atoms with E-state index in [1.807, 2.05) is 43.8 Å². The quantitative estimate of drug-likeness (QED) is 0.310. The Morgan fingerprint density at radius 3 is 2.42 bits per heavy atom. The summed E-state index contributed by atoms with van der Waals surface area (Å²) < 4.78 is 2.00. The highest BCUT2D eigenvalue weighted by Crippen LogP contribution is 2.34. The average Bonchev–Trinajstić information content (AvgIpc) is 3.49. The first kappa shape index (κ1) is 32.5. The molecule has 242 valence electrons. The average molecular weight is 616 g/mol. The lowest BCUT2D eigenvalue weighted by atomic mass is 9.89. The minimum atomic E-state index is -0.213. The smallest absolute Gasteiger partial charge is 0.253 e. The van der Waals surface area contributed by atoms with E-state index in [1.54, 1.807) is 6.92 Å².